The van der Waals surface area contributed by atoms with E-state index in [2.05, 4.69) is 4.74 Å². The molecular weight excluding hydrogens is 774 g/mol. The highest BCUT2D eigenvalue weighted by Gasteiger charge is 2.59. The van der Waals surface area contributed by atoms with E-state index in [0.717, 1.165) is 24.1 Å². The van der Waals surface area contributed by atoms with E-state index in [0.29, 0.717) is 0 Å². The third-order valence-electron chi connectivity index (χ3n) is 5.26. The molecule has 16 heteroatoms. The van der Waals surface area contributed by atoms with Crippen molar-refractivity contribution in [2.75, 3.05) is 0 Å². The minimum Gasteiger partial charge on any atom is -0.745 e. The standard InChI is InChI=1S/C21H20F4I2O8S2/c1-4-11(2)12-5-7-14(8-6-12)36(29,30)35-17-15(26)9-13(10-16(17)27)18(28)34-19(21(23,24)25)20(3,22)37(31,32)33/h5-11,19H,4H2,1-3H3,(H,31,32,33)/p-1. The molecule has 0 radical (unpaired) electrons. The van der Waals surface area contributed by atoms with Crippen molar-refractivity contribution in [2.45, 2.75) is 55.3 Å². The average molecular weight is 793 g/mol. The van der Waals surface area contributed by atoms with Gasteiger partial charge in [0.2, 0.25) is 11.1 Å². The normalized spacial score (nSPS) is 15.9. The van der Waals surface area contributed by atoms with Crippen LogP contribution in [0.25, 0.3) is 0 Å². The van der Waals surface area contributed by atoms with E-state index in [4.69, 9.17) is 4.18 Å². The minimum atomic E-state index is -6.20. The first-order valence-electron chi connectivity index (χ1n) is 10.2. The summed E-state index contributed by atoms with van der Waals surface area (Å²) in [6.45, 7) is 3.79. The molecule has 0 spiro atoms. The van der Waals surface area contributed by atoms with Gasteiger partial charge in [0, 0.05) is 0 Å². The van der Waals surface area contributed by atoms with E-state index in [1.807, 2.05) is 13.8 Å². The van der Waals surface area contributed by atoms with Crippen LogP contribution < -0.4 is 4.18 Å². The minimum absolute atomic E-state index is 0.0423. The zero-order chi connectivity index (χ0) is 28.6. The molecule has 0 aliphatic carbocycles. The van der Waals surface area contributed by atoms with Crippen molar-refractivity contribution in [1.82, 2.24) is 0 Å². The van der Waals surface area contributed by atoms with Gasteiger partial charge in [0.15, 0.2) is 5.75 Å². The summed E-state index contributed by atoms with van der Waals surface area (Å²) in [7, 11) is -10.5. The van der Waals surface area contributed by atoms with Gasteiger partial charge < -0.3 is 13.5 Å². The van der Waals surface area contributed by atoms with Gasteiger partial charge in [0.05, 0.1) is 12.7 Å². The van der Waals surface area contributed by atoms with Gasteiger partial charge in [0.1, 0.15) is 15.0 Å². The number of alkyl halides is 4. The molecule has 0 aromatic heterocycles. The van der Waals surface area contributed by atoms with Crippen LogP contribution in [0.3, 0.4) is 0 Å². The second-order valence-electron chi connectivity index (χ2n) is 7.95. The topological polar surface area (TPSA) is 127 Å². The molecule has 8 nitrogen and oxygen atoms in total. The molecule has 0 saturated carbocycles. The molecule has 2 aromatic carbocycles. The number of carbonyl (C=O) groups is 1. The van der Waals surface area contributed by atoms with Crippen molar-refractivity contribution < 1.29 is 52.7 Å². The van der Waals surface area contributed by atoms with Crippen LogP contribution in [0.15, 0.2) is 41.3 Å². The first kappa shape index (κ1) is 32.0. The number of halogens is 6. The lowest BCUT2D eigenvalue weighted by atomic mass is 9.99. The molecule has 2 rings (SSSR count). The molecule has 0 aliphatic rings. The molecule has 206 valence electrons. The Morgan fingerprint density at radius 2 is 1.51 bits per heavy atom. The number of hydrogen-bond donors (Lipinski definition) is 0. The molecule has 2 aromatic rings. The SMILES string of the molecule is CCC(C)c1ccc(S(=O)(=O)Oc2c(I)cc(C(=O)OC(C(F)(F)F)C(C)(F)S(=O)(=O)[O-])cc2I)cc1. The zero-order valence-corrected chi connectivity index (χ0v) is 25.1. The second-order valence-corrected chi connectivity index (χ2v) is 13.5. The van der Waals surface area contributed by atoms with E-state index >= 15 is 0 Å². The fraction of sp³-hybridized carbons (Fsp3) is 0.381. The van der Waals surface area contributed by atoms with Crippen molar-refractivity contribution in [3.8, 4) is 5.75 Å². The number of esters is 1. The van der Waals surface area contributed by atoms with Gasteiger partial charge in [-0.25, -0.2) is 17.6 Å². The molecule has 3 atom stereocenters. The van der Waals surface area contributed by atoms with Crippen LogP contribution in [0.5, 0.6) is 5.75 Å². The van der Waals surface area contributed by atoms with Gasteiger partial charge in [-0.15, -0.1) is 0 Å². The Labute approximate surface area is 238 Å². The highest BCUT2D eigenvalue weighted by Crippen LogP contribution is 2.38. The van der Waals surface area contributed by atoms with Crippen LogP contribution in [-0.2, 0) is 25.0 Å². The maximum atomic E-state index is 14.3. The molecule has 0 amide bonds. The predicted molar refractivity (Wildman–Crippen MR) is 139 cm³/mol. The average Bonchev–Trinajstić information content (AvgIpc) is 2.77. The van der Waals surface area contributed by atoms with Crippen molar-refractivity contribution >= 4 is 71.4 Å². The fourth-order valence-corrected chi connectivity index (χ4v) is 6.58. The lowest BCUT2D eigenvalue weighted by Gasteiger charge is -2.33. The number of hydrogen-bond acceptors (Lipinski definition) is 8. The number of benzene rings is 2. The third-order valence-corrected chi connectivity index (χ3v) is 9.29. The Morgan fingerprint density at radius 1 is 1.03 bits per heavy atom. The van der Waals surface area contributed by atoms with Crippen LogP contribution in [0.2, 0.25) is 0 Å². The van der Waals surface area contributed by atoms with Crippen molar-refractivity contribution in [1.29, 1.82) is 0 Å². The van der Waals surface area contributed by atoms with Crippen LogP contribution in [0, 0.1) is 7.14 Å². The summed E-state index contributed by atoms with van der Waals surface area (Å²) < 4.78 is 122. The van der Waals surface area contributed by atoms with Crippen LogP contribution in [0.4, 0.5) is 17.6 Å². The largest absolute Gasteiger partial charge is 0.745 e. The van der Waals surface area contributed by atoms with Gasteiger partial charge in [0.25, 0.3) is 0 Å². The summed E-state index contributed by atoms with van der Waals surface area (Å²) >= 11 is 3.12. The summed E-state index contributed by atoms with van der Waals surface area (Å²) in [5.74, 6) is -1.85. The highest BCUT2D eigenvalue weighted by atomic mass is 127. The van der Waals surface area contributed by atoms with Gasteiger partial charge >= 0.3 is 22.3 Å². The van der Waals surface area contributed by atoms with Crippen LogP contribution in [0.1, 0.15) is 49.0 Å². The molecule has 37 heavy (non-hydrogen) atoms. The molecule has 0 fully saturated rings. The number of ether oxygens (including phenoxy) is 1. The van der Waals surface area contributed by atoms with Gasteiger partial charge in [-0.1, -0.05) is 26.0 Å². The zero-order valence-electron chi connectivity index (χ0n) is 19.2. The summed E-state index contributed by atoms with van der Waals surface area (Å²) in [6, 6.07) is 7.79. The maximum Gasteiger partial charge on any atom is 0.429 e. The Morgan fingerprint density at radius 3 is 1.92 bits per heavy atom. The van der Waals surface area contributed by atoms with Gasteiger partial charge in [-0.2, -0.15) is 21.6 Å². The van der Waals surface area contributed by atoms with Crippen molar-refractivity contribution in [2.24, 2.45) is 0 Å². The molecule has 0 heterocycles. The second kappa shape index (κ2) is 11.5. The van der Waals surface area contributed by atoms with Crippen molar-refractivity contribution in [3.63, 3.8) is 0 Å². The van der Waals surface area contributed by atoms with E-state index in [-0.39, 0.29) is 30.6 Å². The Hall–Kier alpha value is -1.25. The summed E-state index contributed by atoms with van der Waals surface area (Å²) in [5, 5.41) is -4.51. The van der Waals surface area contributed by atoms with E-state index < -0.39 is 49.1 Å². The summed E-state index contributed by atoms with van der Waals surface area (Å²) in [4.78, 5) is 12.2. The monoisotopic (exact) mass is 793 g/mol. The molecular formula is C21H19F4I2O8S2-. The predicted octanol–water partition coefficient (Wildman–Crippen LogP) is 5.50. The molecule has 3 unspecified atom stereocenters. The van der Waals surface area contributed by atoms with Gasteiger partial charge in [-0.3, -0.25) is 0 Å². The Bertz CT molecular complexity index is 1350. The lowest BCUT2D eigenvalue weighted by molar-refractivity contribution is -0.226. The van der Waals surface area contributed by atoms with Crippen molar-refractivity contribution in [3.05, 3.63) is 54.7 Å². The smallest absolute Gasteiger partial charge is 0.429 e. The summed E-state index contributed by atoms with van der Waals surface area (Å²) in [5.41, 5.74) is 0.310. The molecule has 0 bridgehead atoms. The summed E-state index contributed by atoms with van der Waals surface area (Å²) in [6.07, 6.45) is -8.81. The third kappa shape index (κ3) is 7.45. The van der Waals surface area contributed by atoms with Crippen LogP contribution in [-0.4, -0.2) is 44.6 Å². The first-order chi connectivity index (χ1) is 16.7. The highest BCUT2D eigenvalue weighted by molar-refractivity contribution is 14.1. The van der Waals surface area contributed by atoms with E-state index in [9.17, 15) is 43.7 Å². The fourth-order valence-electron chi connectivity index (χ4n) is 2.88. The molecule has 0 saturated heterocycles. The number of carbonyl (C=O) groups excluding carboxylic acids is 1. The van der Waals surface area contributed by atoms with E-state index in [1.165, 1.54) is 12.1 Å². The number of rotatable bonds is 9. The quantitative estimate of drug-likeness (QED) is 0.107. The maximum absolute atomic E-state index is 14.3. The lowest BCUT2D eigenvalue weighted by Crippen LogP contribution is -2.53. The first-order valence-corrected chi connectivity index (χ1v) is 15.1. The Kier molecular flexibility index (Phi) is 9.91. The van der Waals surface area contributed by atoms with Crippen LogP contribution >= 0.6 is 45.2 Å². The molecule has 0 aliphatic heterocycles. The van der Waals surface area contributed by atoms with E-state index in [1.54, 1.807) is 57.3 Å². The van der Waals surface area contributed by atoms with Gasteiger partial charge in [-0.05, 0) is 94.3 Å². The molecule has 0 N–H and O–H groups in total. The Balaban J connectivity index is 2.37.